The van der Waals surface area contributed by atoms with E-state index in [0.29, 0.717) is 29.5 Å². The van der Waals surface area contributed by atoms with E-state index in [4.69, 9.17) is 0 Å². The monoisotopic (exact) mass is 295 g/mol. The Labute approximate surface area is 127 Å². The van der Waals surface area contributed by atoms with Crippen molar-refractivity contribution in [1.82, 2.24) is 20.0 Å². The van der Waals surface area contributed by atoms with Gasteiger partial charge in [0, 0.05) is 23.7 Å². The first-order valence-electron chi connectivity index (χ1n) is 7.49. The number of rotatable bonds is 4. The number of nitrogens with zero attached hydrogens (tertiary/aromatic N) is 3. The average Bonchev–Trinajstić information content (AvgIpc) is 3.25. The molecule has 1 aliphatic carbocycles. The first kappa shape index (κ1) is 13.1. The van der Waals surface area contributed by atoms with Crippen LogP contribution in [0.2, 0.25) is 0 Å². The maximum atomic E-state index is 12.6. The maximum absolute atomic E-state index is 12.6. The molecule has 2 N–H and O–H groups in total. The fourth-order valence-corrected chi connectivity index (χ4v) is 2.60. The third-order valence-corrected chi connectivity index (χ3v) is 3.95. The Morgan fingerprint density at radius 2 is 2.09 bits per heavy atom. The number of fused-ring (bicyclic) bond motifs is 1. The molecule has 4 rings (SSSR count). The van der Waals surface area contributed by atoms with Crippen molar-refractivity contribution in [2.45, 2.75) is 26.3 Å². The minimum atomic E-state index is -0.0220. The lowest BCUT2D eigenvalue weighted by molar-refractivity contribution is 0.541. The Morgan fingerprint density at radius 3 is 2.77 bits per heavy atom. The molecule has 0 radical (unpaired) electrons. The quantitative estimate of drug-likeness (QED) is 0.775. The summed E-state index contributed by atoms with van der Waals surface area (Å²) in [5.74, 6) is 1.96. The normalized spacial score (nSPS) is 14.4. The molecule has 6 heteroatoms. The fourth-order valence-electron chi connectivity index (χ4n) is 2.60. The third kappa shape index (κ3) is 2.36. The van der Waals surface area contributed by atoms with E-state index in [1.807, 2.05) is 37.3 Å². The molecular formula is C16H17N5O. The third-order valence-electron chi connectivity index (χ3n) is 3.95. The molecule has 22 heavy (non-hydrogen) atoms. The van der Waals surface area contributed by atoms with E-state index in [1.54, 1.807) is 4.68 Å². The van der Waals surface area contributed by atoms with Crippen LogP contribution in [0.25, 0.3) is 10.8 Å². The van der Waals surface area contributed by atoms with Gasteiger partial charge in [-0.2, -0.15) is 10.2 Å². The summed E-state index contributed by atoms with van der Waals surface area (Å²) < 4.78 is 1.59. The highest BCUT2D eigenvalue weighted by atomic mass is 16.1. The molecule has 0 bridgehead atoms. The van der Waals surface area contributed by atoms with Crippen molar-refractivity contribution in [2.75, 3.05) is 5.32 Å². The van der Waals surface area contributed by atoms with Crippen LogP contribution in [0.5, 0.6) is 0 Å². The minimum absolute atomic E-state index is 0.0220. The summed E-state index contributed by atoms with van der Waals surface area (Å²) in [6, 6.07) is 9.47. The molecule has 0 spiro atoms. The van der Waals surface area contributed by atoms with Crippen molar-refractivity contribution in [3.05, 3.63) is 46.4 Å². The van der Waals surface area contributed by atoms with Crippen LogP contribution < -0.4 is 10.9 Å². The number of aromatic nitrogens is 4. The van der Waals surface area contributed by atoms with Crippen LogP contribution in [0.15, 0.2) is 35.1 Å². The summed E-state index contributed by atoms with van der Waals surface area (Å²) in [4.78, 5) is 12.6. The topological polar surface area (TPSA) is 75.6 Å². The second-order valence-electron chi connectivity index (χ2n) is 5.89. The lowest BCUT2D eigenvalue weighted by Gasteiger charge is -2.11. The summed E-state index contributed by atoms with van der Waals surface area (Å²) >= 11 is 0. The molecular weight excluding hydrogens is 278 g/mol. The van der Waals surface area contributed by atoms with Crippen LogP contribution in [0.4, 0.5) is 11.6 Å². The van der Waals surface area contributed by atoms with E-state index in [9.17, 15) is 4.79 Å². The first-order valence-corrected chi connectivity index (χ1v) is 7.49. The second kappa shape index (κ2) is 4.98. The largest absolute Gasteiger partial charge is 0.321 e. The smallest absolute Gasteiger partial charge is 0.274 e. The molecule has 2 heterocycles. The zero-order valence-electron chi connectivity index (χ0n) is 12.3. The van der Waals surface area contributed by atoms with E-state index in [2.05, 4.69) is 20.6 Å². The fraction of sp³-hybridized carbons (Fsp3) is 0.312. The molecule has 2 aromatic heterocycles. The standard InChI is InChI=1S/C16H17N5O/c1-10-8-14(19-18-10)17-15-12-4-2-3-5-13(12)16(22)21(20-15)9-11-6-7-11/h2-5,8,11H,6-7,9H2,1H3,(H2,17,18,19,20). The van der Waals surface area contributed by atoms with Gasteiger partial charge in [0.15, 0.2) is 11.6 Å². The van der Waals surface area contributed by atoms with Crippen LogP contribution in [0.1, 0.15) is 18.5 Å². The predicted molar refractivity (Wildman–Crippen MR) is 85.3 cm³/mol. The van der Waals surface area contributed by atoms with E-state index >= 15 is 0 Å². The van der Waals surface area contributed by atoms with E-state index in [0.717, 1.165) is 11.1 Å². The molecule has 1 aliphatic rings. The number of hydrogen-bond donors (Lipinski definition) is 2. The lowest BCUT2D eigenvalue weighted by atomic mass is 10.2. The number of hydrogen-bond acceptors (Lipinski definition) is 4. The van der Waals surface area contributed by atoms with Gasteiger partial charge in [0.05, 0.1) is 5.39 Å². The Hall–Kier alpha value is -2.63. The Morgan fingerprint density at radius 1 is 1.32 bits per heavy atom. The van der Waals surface area contributed by atoms with Crippen LogP contribution in [0.3, 0.4) is 0 Å². The van der Waals surface area contributed by atoms with E-state index in [1.165, 1.54) is 12.8 Å². The number of benzene rings is 1. The Bertz CT molecular complexity index is 891. The zero-order valence-corrected chi connectivity index (χ0v) is 12.3. The minimum Gasteiger partial charge on any atom is -0.321 e. The van der Waals surface area contributed by atoms with Crippen LogP contribution >= 0.6 is 0 Å². The van der Waals surface area contributed by atoms with Crippen LogP contribution in [-0.4, -0.2) is 20.0 Å². The molecule has 0 atom stereocenters. The Balaban J connectivity index is 1.84. The van der Waals surface area contributed by atoms with Gasteiger partial charge >= 0.3 is 0 Å². The first-order chi connectivity index (χ1) is 10.7. The van der Waals surface area contributed by atoms with Gasteiger partial charge in [0.1, 0.15) is 0 Å². The molecule has 0 amide bonds. The number of anilines is 2. The highest BCUT2D eigenvalue weighted by Crippen LogP contribution is 2.30. The van der Waals surface area contributed by atoms with Crippen molar-refractivity contribution in [1.29, 1.82) is 0 Å². The van der Waals surface area contributed by atoms with Crippen molar-refractivity contribution < 1.29 is 0 Å². The molecule has 1 fully saturated rings. The van der Waals surface area contributed by atoms with Crippen molar-refractivity contribution in [3.8, 4) is 0 Å². The number of aromatic amines is 1. The highest BCUT2D eigenvalue weighted by Gasteiger charge is 2.23. The number of aryl methyl sites for hydroxylation is 1. The van der Waals surface area contributed by atoms with Crippen LogP contribution in [-0.2, 0) is 6.54 Å². The summed E-state index contributed by atoms with van der Waals surface area (Å²) in [5.41, 5.74) is 0.948. The molecule has 0 saturated heterocycles. The van der Waals surface area contributed by atoms with Gasteiger partial charge in [-0.25, -0.2) is 4.68 Å². The molecule has 0 unspecified atom stereocenters. The average molecular weight is 295 g/mol. The SMILES string of the molecule is Cc1cc(Nc2nn(CC3CC3)c(=O)c3ccccc23)n[nH]1. The van der Waals surface area contributed by atoms with Gasteiger partial charge in [-0.1, -0.05) is 18.2 Å². The molecule has 0 aliphatic heterocycles. The van der Waals surface area contributed by atoms with E-state index < -0.39 is 0 Å². The second-order valence-corrected chi connectivity index (χ2v) is 5.89. The van der Waals surface area contributed by atoms with Crippen LogP contribution in [0, 0.1) is 12.8 Å². The van der Waals surface area contributed by atoms with Gasteiger partial charge in [0.25, 0.3) is 5.56 Å². The summed E-state index contributed by atoms with van der Waals surface area (Å²) in [7, 11) is 0. The highest BCUT2D eigenvalue weighted by molar-refractivity contribution is 5.92. The van der Waals surface area contributed by atoms with Gasteiger partial charge in [-0.3, -0.25) is 9.89 Å². The number of nitrogens with one attached hydrogen (secondary N) is 2. The van der Waals surface area contributed by atoms with Crippen molar-refractivity contribution in [2.24, 2.45) is 5.92 Å². The molecule has 3 aromatic rings. The molecule has 6 nitrogen and oxygen atoms in total. The molecule has 1 saturated carbocycles. The summed E-state index contributed by atoms with van der Waals surface area (Å²) in [5, 5.41) is 16.3. The van der Waals surface area contributed by atoms with E-state index in [-0.39, 0.29) is 5.56 Å². The lowest BCUT2D eigenvalue weighted by Crippen LogP contribution is -2.25. The number of H-pyrrole nitrogens is 1. The molecule has 112 valence electrons. The molecule has 1 aromatic carbocycles. The maximum Gasteiger partial charge on any atom is 0.274 e. The zero-order chi connectivity index (χ0) is 15.1. The summed E-state index contributed by atoms with van der Waals surface area (Å²) in [6.45, 7) is 2.63. The van der Waals surface area contributed by atoms with Gasteiger partial charge in [-0.15, -0.1) is 0 Å². The van der Waals surface area contributed by atoms with Gasteiger partial charge < -0.3 is 5.32 Å². The van der Waals surface area contributed by atoms with Crippen molar-refractivity contribution in [3.63, 3.8) is 0 Å². The van der Waals surface area contributed by atoms with Gasteiger partial charge in [-0.05, 0) is 31.7 Å². The predicted octanol–water partition coefficient (Wildman–Crippen LogP) is 2.58. The Kier molecular flexibility index (Phi) is 2.96. The van der Waals surface area contributed by atoms with Gasteiger partial charge in [0.2, 0.25) is 0 Å². The summed E-state index contributed by atoms with van der Waals surface area (Å²) in [6.07, 6.45) is 2.37. The van der Waals surface area contributed by atoms with Crippen molar-refractivity contribution >= 4 is 22.4 Å².